The van der Waals surface area contributed by atoms with Crippen LogP contribution in [0.1, 0.15) is 16.7 Å². The number of anilines is 1. The summed E-state index contributed by atoms with van der Waals surface area (Å²) in [5, 5.41) is 12.8. The lowest BCUT2D eigenvalue weighted by molar-refractivity contribution is -0.122. The van der Waals surface area contributed by atoms with Crippen LogP contribution in [0.15, 0.2) is 65.7 Å². The van der Waals surface area contributed by atoms with Gasteiger partial charge in [-0.3, -0.25) is 9.69 Å². The third-order valence-corrected chi connectivity index (χ3v) is 11.5. The first kappa shape index (κ1) is 32.8. The minimum Gasteiger partial charge on any atom is -0.497 e. The van der Waals surface area contributed by atoms with Crippen LogP contribution in [0.4, 0.5) is 10.5 Å². The highest BCUT2D eigenvalue weighted by Gasteiger charge is 2.60. The zero-order valence-electron chi connectivity index (χ0n) is 27.3. The first-order valence-corrected chi connectivity index (χ1v) is 17.5. The van der Waals surface area contributed by atoms with Crippen molar-refractivity contribution in [1.29, 1.82) is 5.26 Å². The molecule has 3 saturated heterocycles. The Morgan fingerprint density at radius 3 is 2.37 bits per heavy atom. The van der Waals surface area contributed by atoms with Gasteiger partial charge in [0.25, 0.3) is 15.9 Å². The van der Waals surface area contributed by atoms with E-state index in [1.165, 1.54) is 62.9 Å². The maximum absolute atomic E-state index is 14.9. The topological polar surface area (TPSA) is 158 Å². The second-order valence-corrected chi connectivity index (χ2v) is 14.6. The van der Waals surface area contributed by atoms with E-state index in [1.54, 1.807) is 17.0 Å². The van der Waals surface area contributed by atoms with Gasteiger partial charge in [0, 0.05) is 69.5 Å². The molecule has 5 heterocycles. The summed E-state index contributed by atoms with van der Waals surface area (Å²) < 4.78 is 45.4. The number of amides is 3. The number of hydrogen-bond acceptors (Lipinski definition) is 11. The van der Waals surface area contributed by atoms with Gasteiger partial charge in [0.15, 0.2) is 5.54 Å². The average molecular weight is 688 g/mol. The first-order valence-electron chi connectivity index (χ1n) is 16.0. The highest BCUT2D eigenvalue weighted by atomic mass is 32.2. The third kappa shape index (κ3) is 5.54. The molecule has 1 atom stereocenters. The van der Waals surface area contributed by atoms with Gasteiger partial charge in [-0.25, -0.2) is 18.2 Å². The molecule has 0 saturated carbocycles. The smallest absolute Gasteiger partial charge is 0.318 e. The van der Waals surface area contributed by atoms with Crippen molar-refractivity contribution in [3.63, 3.8) is 0 Å². The van der Waals surface area contributed by atoms with Crippen LogP contribution >= 0.6 is 0 Å². The van der Waals surface area contributed by atoms with Crippen LogP contribution in [0.2, 0.25) is 0 Å². The Bertz CT molecular complexity index is 1910. The Kier molecular flexibility index (Phi) is 8.44. The van der Waals surface area contributed by atoms with Crippen molar-refractivity contribution < 1.29 is 32.2 Å². The molecule has 4 aliphatic heterocycles. The summed E-state index contributed by atoms with van der Waals surface area (Å²) in [5.41, 5.74) is -1.71. The average Bonchev–Trinajstić information content (AvgIpc) is 3.34. The number of aromatic nitrogens is 1. The molecule has 0 unspecified atom stereocenters. The van der Waals surface area contributed by atoms with Crippen molar-refractivity contribution in [2.75, 3.05) is 84.1 Å². The van der Waals surface area contributed by atoms with Crippen molar-refractivity contribution >= 4 is 27.6 Å². The molecular formula is C34H37N7O7S. The van der Waals surface area contributed by atoms with Crippen molar-refractivity contribution in [2.24, 2.45) is 5.41 Å². The summed E-state index contributed by atoms with van der Waals surface area (Å²) in [7, 11) is -1.69. The second kappa shape index (κ2) is 12.6. The third-order valence-electron chi connectivity index (χ3n) is 9.81. The zero-order chi connectivity index (χ0) is 34.4. The minimum atomic E-state index is -4.52. The highest BCUT2D eigenvalue weighted by Crippen LogP contribution is 2.50. The SMILES string of the molecule is COc1ccc(S(=O)(=O)N2C(=O)[C@](NC(=O)N3CC4(CN(CCN5CCOCC5)C4)C3)(c3cccnc3OC)c3cc(C#N)ccc32)cc1. The molecule has 2 aromatic carbocycles. The number of likely N-dealkylation sites (tertiary alicyclic amines) is 2. The van der Waals surface area contributed by atoms with Gasteiger partial charge in [0.05, 0.1) is 55.2 Å². The molecule has 15 heteroatoms. The Morgan fingerprint density at radius 2 is 1.69 bits per heavy atom. The molecule has 1 N–H and O–H groups in total. The molecule has 0 radical (unpaired) electrons. The van der Waals surface area contributed by atoms with Gasteiger partial charge >= 0.3 is 6.03 Å². The number of pyridine rings is 1. The van der Waals surface area contributed by atoms with Gasteiger partial charge in [-0.2, -0.15) is 9.57 Å². The van der Waals surface area contributed by atoms with Gasteiger partial charge in [-0.1, -0.05) is 0 Å². The molecule has 0 bridgehead atoms. The molecule has 49 heavy (non-hydrogen) atoms. The predicted molar refractivity (Wildman–Crippen MR) is 177 cm³/mol. The lowest BCUT2D eigenvalue weighted by atomic mass is 9.73. The summed E-state index contributed by atoms with van der Waals surface area (Å²) in [4.78, 5) is 39.6. The van der Waals surface area contributed by atoms with E-state index in [4.69, 9.17) is 14.2 Å². The van der Waals surface area contributed by atoms with Gasteiger partial charge in [-0.05, 0) is 54.6 Å². The lowest BCUT2D eigenvalue weighted by Crippen LogP contribution is -2.74. The number of hydrogen-bond donors (Lipinski definition) is 1. The molecule has 3 amide bonds. The van der Waals surface area contributed by atoms with Crippen LogP contribution in [0, 0.1) is 16.7 Å². The predicted octanol–water partition coefficient (Wildman–Crippen LogP) is 1.61. The lowest BCUT2D eigenvalue weighted by Gasteiger charge is -2.60. The van der Waals surface area contributed by atoms with E-state index in [0.29, 0.717) is 23.1 Å². The zero-order valence-corrected chi connectivity index (χ0v) is 28.1. The highest BCUT2D eigenvalue weighted by molar-refractivity contribution is 7.93. The Hall–Kier alpha value is -4.75. The quantitative estimate of drug-likeness (QED) is 0.349. The van der Waals surface area contributed by atoms with Crippen molar-refractivity contribution in [1.82, 2.24) is 25.0 Å². The Labute approximate surface area is 284 Å². The summed E-state index contributed by atoms with van der Waals surface area (Å²) >= 11 is 0. The first-order chi connectivity index (χ1) is 23.6. The number of nitrogens with one attached hydrogen (secondary N) is 1. The maximum atomic E-state index is 14.9. The number of carbonyl (C=O) groups excluding carboxylic acids is 2. The molecule has 0 aliphatic carbocycles. The number of nitriles is 1. The number of carbonyl (C=O) groups is 2. The molecule has 256 valence electrons. The fourth-order valence-electron chi connectivity index (χ4n) is 7.35. The van der Waals surface area contributed by atoms with Gasteiger partial charge < -0.3 is 29.3 Å². The summed E-state index contributed by atoms with van der Waals surface area (Å²) in [6.45, 7) is 8.02. The van der Waals surface area contributed by atoms with Crippen molar-refractivity contribution in [2.45, 2.75) is 10.4 Å². The Morgan fingerprint density at radius 1 is 0.980 bits per heavy atom. The van der Waals surface area contributed by atoms with Crippen LogP contribution in [0.5, 0.6) is 11.6 Å². The van der Waals surface area contributed by atoms with Crippen LogP contribution in [-0.4, -0.2) is 120 Å². The van der Waals surface area contributed by atoms with Crippen molar-refractivity contribution in [3.8, 4) is 17.7 Å². The van der Waals surface area contributed by atoms with Gasteiger partial charge in [0.1, 0.15) is 5.75 Å². The van der Waals surface area contributed by atoms with Gasteiger partial charge in [-0.15, -0.1) is 0 Å². The molecule has 1 spiro atoms. The van der Waals surface area contributed by atoms with Crippen LogP contribution in [-0.2, 0) is 25.1 Å². The van der Waals surface area contributed by atoms with E-state index in [0.717, 1.165) is 52.5 Å². The monoisotopic (exact) mass is 687 g/mol. The number of sulfonamides is 1. The number of urea groups is 1. The maximum Gasteiger partial charge on any atom is 0.318 e. The molecular weight excluding hydrogens is 650 g/mol. The minimum absolute atomic E-state index is 0.000932. The number of methoxy groups -OCH3 is 2. The number of rotatable bonds is 9. The largest absolute Gasteiger partial charge is 0.497 e. The standard InChI is InChI=1S/C34H37N7O7S/c1-46-25-6-8-26(9-7-25)49(44,45)41-29-10-5-24(19-35)18-28(29)34(31(41)42,27-4-3-11-36-30(27)47-2)37-32(43)40-22-33(23-40)20-39(21-33)13-12-38-14-16-48-17-15-38/h3-11,18H,12-17,20-23H2,1-2H3,(H,37,43)/t34-/m0/s1. The molecule has 14 nitrogen and oxygen atoms in total. The molecule has 7 rings (SSSR count). The van der Waals surface area contributed by atoms with Gasteiger partial charge in [0.2, 0.25) is 5.88 Å². The number of benzene rings is 2. The molecule has 3 fully saturated rings. The van der Waals surface area contributed by atoms with Crippen molar-refractivity contribution in [3.05, 3.63) is 77.5 Å². The van der Waals surface area contributed by atoms with E-state index < -0.39 is 27.5 Å². The Balaban J connectivity index is 1.20. The van der Waals surface area contributed by atoms with E-state index >= 15 is 0 Å². The van der Waals surface area contributed by atoms with Crippen LogP contribution < -0.4 is 19.1 Å². The number of morpholine rings is 1. The van der Waals surface area contributed by atoms with E-state index in [1.807, 2.05) is 0 Å². The summed E-state index contributed by atoms with van der Waals surface area (Å²) in [6.07, 6.45) is 1.47. The fourth-order valence-corrected chi connectivity index (χ4v) is 8.82. The van der Waals surface area contributed by atoms with E-state index in [9.17, 15) is 23.3 Å². The van der Waals surface area contributed by atoms with Crippen LogP contribution in [0.3, 0.4) is 0 Å². The summed E-state index contributed by atoms with van der Waals surface area (Å²) in [5.74, 6) is -0.504. The molecule has 4 aliphatic rings. The van der Waals surface area contributed by atoms with Crippen LogP contribution in [0.25, 0.3) is 0 Å². The number of ether oxygens (including phenoxy) is 3. The number of fused-ring (bicyclic) bond motifs is 1. The normalized spacial score (nSPS) is 21.8. The van der Waals surface area contributed by atoms with E-state index in [2.05, 4.69) is 26.2 Å². The second-order valence-electron chi connectivity index (χ2n) is 12.9. The fraction of sp³-hybridized carbons (Fsp3) is 0.412. The van der Waals surface area contributed by atoms with E-state index in [-0.39, 0.29) is 38.6 Å². The molecule has 3 aromatic rings. The molecule has 1 aromatic heterocycles. The summed E-state index contributed by atoms with van der Waals surface area (Å²) in [6, 6.07) is 14.6. The number of nitrogens with zero attached hydrogens (tertiary/aromatic N) is 6.